The number of piperidine rings is 3. The van der Waals surface area contributed by atoms with E-state index in [1.165, 1.54) is 17.7 Å². The lowest BCUT2D eigenvalue weighted by atomic mass is 9.86. The van der Waals surface area contributed by atoms with E-state index in [0.29, 0.717) is 96.4 Å². The van der Waals surface area contributed by atoms with Crippen LogP contribution in [0.15, 0.2) is 48.7 Å². The fraction of sp³-hybridized carbons (Fsp3) is 0.526. The van der Waals surface area contributed by atoms with Gasteiger partial charge in [-0.05, 0) is 128 Å². The van der Waals surface area contributed by atoms with Gasteiger partial charge >= 0.3 is 6.01 Å². The predicted octanol–water partition coefficient (Wildman–Crippen LogP) is 6.99. The summed E-state index contributed by atoms with van der Waals surface area (Å²) in [7, 11) is 1.91. The lowest BCUT2D eigenvalue weighted by Crippen LogP contribution is -2.56. The van der Waals surface area contributed by atoms with Gasteiger partial charge in [0.25, 0.3) is 0 Å². The van der Waals surface area contributed by atoms with E-state index < -0.39 is 17.6 Å². The standard InChI is InChI=1S/C57H64F2N10O6/c1-3-39-44(58)9-6-35-21-38(70)23-42(48(35)39)51-49(59)52-43(24-60-51)53(68-17-4-13-57(31-68)16-20-75-57)63-55(62-52)74-32-56(14-15-56)30-67-25-36-27-69(28-37(36)26-67)47(72)29-66-18-11-33(12-19-66)34-5-7-40-45(22-34)65(2)64-50(40)41-8-10-46(71)61-54(41)73/h5-7,9,21-24,33,36-37,41,70H,3-4,8,10-20,25-32H2,1-2H3,(H,61,71,73). The largest absolute Gasteiger partial charge is 0.508 e. The first kappa shape index (κ1) is 48.3. The second-order valence-electron chi connectivity index (χ2n) is 22.9. The number of pyridine rings is 1. The maximum Gasteiger partial charge on any atom is 0.319 e. The molecule has 16 nitrogen and oxygen atoms in total. The molecule has 3 aromatic heterocycles. The van der Waals surface area contributed by atoms with Gasteiger partial charge < -0.3 is 29.3 Å². The molecule has 1 saturated carbocycles. The Bertz CT molecular complexity index is 3280. The van der Waals surface area contributed by atoms with Crippen molar-refractivity contribution in [1.29, 1.82) is 0 Å². The van der Waals surface area contributed by atoms with E-state index in [-0.39, 0.29) is 51.7 Å². The molecule has 6 saturated heterocycles. The summed E-state index contributed by atoms with van der Waals surface area (Å²) in [5, 5.41) is 20.5. The van der Waals surface area contributed by atoms with E-state index in [1.807, 2.05) is 18.7 Å². The molecule has 18 heteroatoms. The zero-order valence-electron chi connectivity index (χ0n) is 42.8. The van der Waals surface area contributed by atoms with Crippen LogP contribution < -0.4 is 15.0 Å². The molecular formula is C57H64F2N10O6. The summed E-state index contributed by atoms with van der Waals surface area (Å²) >= 11 is 0. The zero-order valence-corrected chi connectivity index (χ0v) is 42.8. The monoisotopic (exact) mass is 1020 g/mol. The van der Waals surface area contributed by atoms with Crippen LogP contribution in [0.25, 0.3) is 43.8 Å². The first-order valence-electron chi connectivity index (χ1n) is 27.2. The van der Waals surface area contributed by atoms with Gasteiger partial charge in [-0.15, -0.1) is 0 Å². The Balaban J connectivity index is 0.647. The summed E-state index contributed by atoms with van der Waals surface area (Å²) in [5.74, 6) is -0.126. The molecule has 4 atom stereocenters. The van der Waals surface area contributed by atoms with E-state index in [1.54, 1.807) is 18.3 Å². The summed E-state index contributed by atoms with van der Waals surface area (Å²) in [6, 6.07) is 12.5. The highest BCUT2D eigenvalue weighted by Crippen LogP contribution is 2.49. The third kappa shape index (κ3) is 8.83. The quantitative estimate of drug-likeness (QED) is 0.120. The van der Waals surface area contributed by atoms with E-state index in [4.69, 9.17) is 24.5 Å². The number of phenols is 1. The molecule has 75 heavy (non-hydrogen) atoms. The molecule has 392 valence electrons. The van der Waals surface area contributed by atoms with Crippen LogP contribution in [0.3, 0.4) is 0 Å². The van der Waals surface area contributed by atoms with Gasteiger partial charge in [-0.3, -0.25) is 34.3 Å². The number of aryl methyl sites for hydroxylation is 2. The number of aromatic nitrogens is 5. The van der Waals surface area contributed by atoms with Crippen LogP contribution in [0.1, 0.15) is 93.4 Å². The average Bonchev–Trinajstić information content (AvgIpc) is 3.70. The number of nitrogens with one attached hydrogen (secondary N) is 1. The van der Waals surface area contributed by atoms with Crippen molar-refractivity contribution in [3.63, 3.8) is 0 Å². The fourth-order valence-electron chi connectivity index (χ4n) is 13.7. The molecule has 2 N–H and O–H groups in total. The van der Waals surface area contributed by atoms with Crippen LogP contribution in [0.4, 0.5) is 14.6 Å². The number of hydrogen-bond acceptors (Lipinski definition) is 13. The highest BCUT2D eigenvalue weighted by atomic mass is 19.1. The van der Waals surface area contributed by atoms with Crippen LogP contribution in [0.5, 0.6) is 11.8 Å². The molecule has 3 amide bonds. The van der Waals surface area contributed by atoms with Crippen LogP contribution in [-0.4, -0.2) is 147 Å². The van der Waals surface area contributed by atoms with Crippen LogP contribution in [-0.2, 0) is 32.6 Å². The number of carbonyl (C=O) groups is 3. The number of ether oxygens (including phenoxy) is 2. The molecule has 9 heterocycles. The number of imide groups is 1. The number of aromatic hydroxyl groups is 1. The van der Waals surface area contributed by atoms with Gasteiger partial charge in [0.1, 0.15) is 28.6 Å². The van der Waals surface area contributed by atoms with Crippen molar-refractivity contribution < 1.29 is 37.7 Å². The average molecular weight is 1020 g/mol. The maximum atomic E-state index is 17.3. The zero-order chi connectivity index (χ0) is 51.3. The third-order valence-corrected chi connectivity index (χ3v) is 18.0. The summed E-state index contributed by atoms with van der Waals surface area (Å²) in [4.78, 5) is 61.7. The molecule has 4 unspecified atom stereocenters. The van der Waals surface area contributed by atoms with E-state index in [2.05, 4.69) is 48.1 Å². The summed E-state index contributed by atoms with van der Waals surface area (Å²) < 4.78 is 47.0. The Morgan fingerprint density at radius 1 is 0.933 bits per heavy atom. The first-order valence-corrected chi connectivity index (χ1v) is 27.2. The number of benzene rings is 3. The Kier molecular flexibility index (Phi) is 12.1. The third-order valence-electron chi connectivity index (χ3n) is 18.0. The van der Waals surface area contributed by atoms with Gasteiger partial charge in [0, 0.05) is 88.3 Å². The first-order chi connectivity index (χ1) is 36.3. The normalized spacial score (nSPS) is 25.1. The maximum absolute atomic E-state index is 17.3. The Labute approximate surface area is 433 Å². The summed E-state index contributed by atoms with van der Waals surface area (Å²) in [6.45, 7) is 10.7. The predicted molar refractivity (Wildman–Crippen MR) is 277 cm³/mol. The molecular weight excluding hydrogens is 959 g/mol. The molecule has 1 spiro atoms. The van der Waals surface area contributed by atoms with Gasteiger partial charge in [0.15, 0.2) is 5.82 Å². The lowest BCUT2D eigenvalue weighted by Gasteiger charge is -2.48. The van der Waals surface area contributed by atoms with Crippen molar-refractivity contribution >= 4 is 56.1 Å². The Morgan fingerprint density at radius 3 is 2.47 bits per heavy atom. The topological polar surface area (TPSA) is 171 Å². The number of phenolic OH excluding ortho intramolecular Hbond substituents is 1. The molecule has 6 aliphatic heterocycles. The van der Waals surface area contributed by atoms with Crippen molar-refractivity contribution in [3.8, 4) is 23.0 Å². The van der Waals surface area contributed by atoms with Crippen LogP contribution in [0, 0.1) is 28.9 Å². The van der Waals surface area contributed by atoms with E-state index >= 15 is 8.78 Å². The van der Waals surface area contributed by atoms with Gasteiger partial charge in [-0.25, -0.2) is 8.78 Å². The van der Waals surface area contributed by atoms with Crippen LogP contribution in [0.2, 0.25) is 0 Å². The molecule has 6 aromatic rings. The van der Waals surface area contributed by atoms with Gasteiger partial charge in [-0.1, -0.05) is 25.1 Å². The minimum Gasteiger partial charge on any atom is -0.508 e. The highest BCUT2D eigenvalue weighted by Gasteiger charge is 2.49. The van der Waals surface area contributed by atoms with Crippen molar-refractivity contribution in [1.82, 2.24) is 44.7 Å². The minimum absolute atomic E-state index is 0.0300. The minimum atomic E-state index is -0.687. The Morgan fingerprint density at radius 2 is 1.73 bits per heavy atom. The van der Waals surface area contributed by atoms with E-state index in [0.717, 1.165) is 114 Å². The van der Waals surface area contributed by atoms with Gasteiger partial charge in [0.05, 0.1) is 47.9 Å². The molecule has 0 radical (unpaired) electrons. The number of carbonyl (C=O) groups excluding carboxylic acids is 3. The number of fused-ring (bicyclic) bond motifs is 4. The molecule has 7 fully saturated rings. The number of rotatable bonds is 12. The molecule has 13 rings (SSSR count). The fourth-order valence-corrected chi connectivity index (χ4v) is 13.7. The molecule has 3 aromatic carbocycles. The molecule has 0 bridgehead atoms. The highest BCUT2D eigenvalue weighted by molar-refractivity contribution is 6.03. The van der Waals surface area contributed by atoms with Gasteiger partial charge in [0.2, 0.25) is 17.7 Å². The number of anilines is 1. The van der Waals surface area contributed by atoms with Crippen molar-refractivity contribution in [3.05, 3.63) is 77.1 Å². The second kappa shape index (κ2) is 18.7. The number of nitrogens with zero attached hydrogens (tertiary/aromatic N) is 9. The lowest BCUT2D eigenvalue weighted by molar-refractivity contribution is -0.151. The van der Waals surface area contributed by atoms with Crippen molar-refractivity contribution in [2.45, 2.75) is 88.6 Å². The number of halogens is 2. The smallest absolute Gasteiger partial charge is 0.319 e. The number of amides is 3. The Hall–Kier alpha value is -6.37. The van der Waals surface area contributed by atoms with Crippen molar-refractivity contribution in [2.75, 3.05) is 83.6 Å². The molecule has 1 aliphatic carbocycles. The van der Waals surface area contributed by atoms with Crippen molar-refractivity contribution in [2.24, 2.45) is 24.3 Å². The summed E-state index contributed by atoms with van der Waals surface area (Å²) in [6.07, 6.45) is 9.47. The van der Waals surface area contributed by atoms with E-state index in [9.17, 15) is 19.5 Å². The second-order valence-corrected chi connectivity index (χ2v) is 22.9. The van der Waals surface area contributed by atoms with Gasteiger partial charge in [-0.2, -0.15) is 15.1 Å². The summed E-state index contributed by atoms with van der Waals surface area (Å²) in [5.41, 5.74) is 3.36. The number of hydrogen-bond donors (Lipinski definition) is 2. The number of likely N-dealkylation sites (tertiary alicyclic amines) is 3. The van der Waals surface area contributed by atoms with Crippen LogP contribution >= 0.6 is 0 Å². The molecule has 7 aliphatic rings. The SMILES string of the molecule is CCc1c(F)ccc2cc(O)cc(-c3ncc4c(N5CCCC6(CCO6)C5)nc(OCC5(CN6CC7CN(C(=O)CN8CCC(c9ccc%10c(C%11CCC(=O)NC%11=O)nn(C)c%10c9)CC8)CC7C6)CC5)nc4c3F)c12.